The van der Waals surface area contributed by atoms with Crippen LogP contribution in [-0.2, 0) is 0 Å². The molecule has 0 aliphatic carbocycles. The molecule has 0 N–H and O–H groups in total. The minimum absolute atomic E-state index is 0. The summed E-state index contributed by atoms with van der Waals surface area (Å²) in [6.07, 6.45) is 0. The quantitative estimate of drug-likeness (QED) is 0.223. The Balaban J connectivity index is 0. The van der Waals surface area contributed by atoms with Crippen molar-refractivity contribution in [1.29, 1.82) is 0 Å². The van der Waals surface area contributed by atoms with E-state index in [1.54, 1.807) is 0 Å². The molecular formula is H44Ca22. The van der Waals surface area contributed by atoms with Crippen molar-refractivity contribution >= 4 is 830 Å². The number of hydrogen-bond acceptors (Lipinski definition) is 0. The summed E-state index contributed by atoms with van der Waals surface area (Å²) in [5.74, 6) is 0. The third-order valence-electron chi connectivity index (χ3n) is 0. The van der Waals surface area contributed by atoms with E-state index in [-0.39, 0.29) is 893 Å². The van der Waals surface area contributed by atoms with Crippen molar-refractivity contribution in [3.05, 3.63) is 0 Å². The molecule has 0 spiro atoms. The van der Waals surface area contributed by atoms with Crippen molar-refractivity contribution in [2.24, 2.45) is 0 Å². The van der Waals surface area contributed by atoms with Crippen LogP contribution in [0.4, 0.5) is 0 Å². The molecule has 22 heavy (non-hydrogen) atoms. The molecule has 88 valence electrons. The molecule has 0 aromatic heterocycles. The topological polar surface area (TPSA) is 0 Å². The van der Waals surface area contributed by atoms with Crippen molar-refractivity contribution in [2.75, 3.05) is 0 Å². The third kappa shape index (κ3) is 136. The Labute approximate surface area is 861 Å². The minimum Gasteiger partial charge on any atom is -1.00 e. The van der Waals surface area contributed by atoms with E-state index in [0.29, 0.717) is 0 Å². The maximum Gasteiger partial charge on any atom is 2.00 e. The van der Waals surface area contributed by atoms with E-state index in [1.165, 1.54) is 0 Å². The molecule has 0 fully saturated rings. The molecule has 0 saturated carbocycles. The first-order valence-electron chi connectivity index (χ1n) is 0. The van der Waals surface area contributed by atoms with E-state index in [2.05, 4.69) is 0 Å². The summed E-state index contributed by atoms with van der Waals surface area (Å²) >= 11 is 0. The smallest absolute Gasteiger partial charge is 1.00 e. The summed E-state index contributed by atoms with van der Waals surface area (Å²) < 4.78 is 0. The molecule has 0 aliphatic heterocycles. The van der Waals surface area contributed by atoms with Gasteiger partial charge in [0.15, 0.2) is 0 Å². The molecule has 0 aromatic rings. The maximum absolute atomic E-state index is 0. The average molecular weight is 926 g/mol. The second-order valence-corrected chi connectivity index (χ2v) is 0. The zero-order chi connectivity index (χ0) is 0. The van der Waals surface area contributed by atoms with Crippen LogP contribution in [0.3, 0.4) is 0 Å². The molecule has 0 unspecified atom stereocenters. The van der Waals surface area contributed by atoms with Gasteiger partial charge in [0, 0.05) is 0 Å². The van der Waals surface area contributed by atoms with Crippen LogP contribution in [0.1, 0.15) is 62.8 Å². The van der Waals surface area contributed by atoms with E-state index >= 15 is 0 Å². The number of rotatable bonds is 0. The molecule has 0 aliphatic rings. The monoisotopic (exact) mass is 924 g/mol. The van der Waals surface area contributed by atoms with E-state index in [1.807, 2.05) is 0 Å². The Kier molecular flexibility index (Phi) is 1010. The first-order chi connectivity index (χ1) is 0. The van der Waals surface area contributed by atoms with Gasteiger partial charge in [-0.15, -0.1) is 0 Å². The van der Waals surface area contributed by atoms with E-state index < -0.39 is 0 Å². The molecule has 0 nitrogen and oxygen atoms in total. The predicted molar refractivity (Wildman–Crippen MR) is 176 cm³/mol. The van der Waals surface area contributed by atoms with Crippen molar-refractivity contribution < 1.29 is 62.8 Å². The normalized spacial score (nSPS) is 0. The molecule has 0 aromatic carbocycles. The van der Waals surface area contributed by atoms with Crippen LogP contribution < -0.4 is 0 Å². The molecule has 0 radical (unpaired) electrons. The second-order valence-electron chi connectivity index (χ2n) is 0. The van der Waals surface area contributed by atoms with Crippen LogP contribution in [0.25, 0.3) is 0 Å². The third-order valence-corrected chi connectivity index (χ3v) is 0. The Morgan fingerprint density at radius 3 is 0.0909 bits per heavy atom. The van der Waals surface area contributed by atoms with E-state index in [4.69, 9.17) is 0 Å². The van der Waals surface area contributed by atoms with Crippen molar-refractivity contribution in [1.82, 2.24) is 0 Å². The van der Waals surface area contributed by atoms with Gasteiger partial charge in [-0.1, -0.05) is 0 Å². The fourth-order valence-corrected chi connectivity index (χ4v) is 0. The molecule has 0 rings (SSSR count). The number of hydrogen-bond donors (Lipinski definition) is 0. The van der Waals surface area contributed by atoms with Gasteiger partial charge in [0.1, 0.15) is 0 Å². The Bertz CT molecular complexity index is 60.6. The van der Waals surface area contributed by atoms with Gasteiger partial charge >= 0.3 is 830 Å². The van der Waals surface area contributed by atoms with Crippen molar-refractivity contribution in [3.63, 3.8) is 0 Å². The molecule has 0 heterocycles. The van der Waals surface area contributed by atoms with Crippen LogP contribution in [0.2, 0.25) is 0 Å². The van der Waals surface area contributed by atoms with Gasteiger partial charge in [0.05, 0.1) is 0 Å². The molecule has 0 saturated heterocycles. The maximum atomic E-state index is 0. The summed E-state index contributed by atoms with van der Waals surface area (Å²) in [6, 6.07) is 0. The van der Waals surface area contributed by atoms with E-state index in [9.17, 15) is 0 Å². The predicted octanol–water partition coefficient (Wildman–Crippen LogP) is -3.43. The van der Waals surface area contributed by atoms with Crippen LogP contribution in [0.15, 0.2) is 0 Å². The first kappa shape index (κ1) is 154. The summed E-state index contributed by atoms with van der Waals surface area (Å²) in [6.45, 7) is 0. The molecule has 22 heteroatoms. The van der Waals surface area contributed by atoms with Crippen LogP contribution >= 0.6 is 0 Å². The van der Waals surface area contributed by atoms with Gasteiger partial charge in [-0.3, -0.25) is 0 Å². The van der Waals surface area contributed by atoms with Gasteiger partial charge in [0.2, 0.25) is 0 Å². The van der Waals surface area contributed by atoms with Crippen LogP contribution in [0.5, 0.6) is 0 Å². The molecule has 0 amide bonds. The van der Waals surface area contributed by atoms with Gasteiger partial charge in [-0.05, 0) is 0 Å². The van der Waals surface area contributed by atoms with Gasteiger partial charge in [-0.25, -0.2) is 0 Å². The van der Waals surface area contributed by atoms with Gasteiger partial charge in [0.25, 0.3) is 0 Å². The summed E-state index contributed by atoms with van der Waals surface area (Å²) in [4.78, 5) is 0. The molecule has 0 atom stereocenters. The molecule has 0 bridgehead atoms. The fourth-order valence-electron chi connectivity index (χ4n) is 0. The van der Waals surface area contributed by atoms with Crippen molar-refractivity contribution in [2.45, 2.75) is 0 Å². The van der Waals surface area contributed by atoms with Crippen LogP contribution in [0, 0.1) is 0 Å². The fraction of sp³-hybridized carbons (Fsp3) is 0. The van der Waals surface area contributed by atoms with Gasteiger partial charge < -0.3 is 62.8 Å². The second kappa shape index (κ2) is 144. The molecular weight excluding hydrogens is 882 g/mol. The first-order valence-corrected chi connectivity index (χ1v) is 0. The van der Waals surface area contributed by atoms with Gasteiger partial charge in [-0.2, -0.15) is 0 Å². The standard InChI is InChI=1S/22Ca.44H/q22*+2;44*-1. The zero-order valence-electron chi connectivity index (χ0n) is 59.6. The van der Waals surface area contributed by atoms with Crippen LogP contribution in [-0.4, -0.2) is 830 Å². The largest absolute Gasteiger partial charge is 2.00 e. The summed E-state index contributed by atoms with van der Waals surface area (Å²) in [5.41, 5.74) is 0. The van der Waals surface area contributed by atoms with Crippen molar-refractivity contribution in [3.8, 4) is 0 Å². The van der Waals surface area contributed by atoms with E-state index in [0.717, 1.165) is 0 Å². The average Bonchev–Trinajstić information content (AvgIpc) is 0. The minimum atomic E-state index is 0. The Hall–Kier alpha value is 27.7. The SMILES string of the molecule is [Ca+2].[Ca+2].[Ca+2].[Ca+2].[Ca+2].[Ca+2].[Ca+2].[Ca+2].[Ca+2].[Ca+2].[Ca+2].[Ca+2].[Ca+2].[Ca+2].[Ca+2].[Ca+2].[Ca+2].[Ca+2].[Ca+2].[Ca+2].[Ca+2].[Ca+2].[H-].[H-].[H-].[H-].[H-].[H-].[H-].[H-].[H-].[H-].[H-].[H-].[H-].[H-].[H-].[H-].[H-].[H-].[H-].[H-].[H-].[H-].[H-].[H-].[H-].[H-].[H-].[H-].[H-].[H-].[H-].[H-].[H-].[H-].[H-].[H-].[H-].[H-].[H-].[H-].[H-].[H-].[H-].[H-]. The Morgan fingerprint density at radius 1 is 0.0909 bits per heavy atom. The summed E-state index contributed by atoms with van der Waals surface area (Å²) in [7, 11) is 0. The Morgan fingerprint density at radius 2 is 0.0909 bits per heavy atom. The summed E-state index contributed by atoms with van der Waals surface area (Å²) in [5, 5.41) is 0. The zero-order valence-corrected chi connectivity index (χ0v) is 64.1.